The highest BCUT2D eigenvalue weighted by molar-refractivity contribution is 9.10. The Bertz CT molecular complexity index is 461. The third-order valence-electron chi connectivity index (χ3n) is 2.77. The summed E-state index contributed by atoms with van der Waals surface area (Å²) < 4.78 is 8.02. The van der Waals surface area contributed by atoms with Gasteiger partial charge in [0.1, 0.15) is 17.2 Å². The van der Waals surface area contributed by atoms with Crippen LogP contribution in [0, 0.1) is 0 Å². The summed E-state index contributed by atoms with van der Waals surface area (Å²) in [7, 11) is -1.08. The molecule has 0 atom stereocenters. The molecule has 1 N–H and O–H groups in total. The largest absolute Gasteiger partial charge is 0.359 e. The molecule has 0 radical (unpaired) electrons. The van der Waals surface area contributed by atoms with Crippen molar-refractivity contribution in [2.45, 2.75) is 45.3 Å². The number of hydrogen-bond donors (Lipinski definition) is 1. The maximum absolute atomic E-state index is 11.8. The first-order valence-electron chi connectivity index (χ1n) is 6.99. The first-order chi connectivity index (χ1) is 9.81. The van der Waals surface area contributed by atoms with E-state index in [1.165, 1.54) is 0 Å². The monoisotopic (exact) mass is 439 g/mol. The van der Waals surface area contributed by atoms with Gasteiger partial charge >= 0.3 is 0 Å². The van der Waals surface area contributed by atoms with Crippen LogP contribution in [0.1, 0.15) is 12.8 Å². The number of carbonyl (C=O) groups is 1. The highest BCUT2D eigenvalue weighted by Gasteiger charge is 2.13. The molecule has 0 saturated heterocycles. The van der Waals surface area contributed by atoms with Crippen molar-refractivity contribution in [2.24, 2.45) is 0 Å². The molecule has 5 nitrogen and oxygen atoms in total. The van der Waals surface area contributed by atoms with Gasteiger partial charge in [-0.15, -0.1) is 0 Å². The molecule has 0 bridgehead atoms. The number of nitrogens with zero attached hydrogens (tertiary/aromatic N) is 2. The Morgan fingerprint density at radius 2 is 2.19 bits per heavy atom. The van der Waals surface area contributed by atoms with Gasteiger partial charge in [0.05, 0.1) is 0 Å². The average Bonchev–Trinajstić information content (AvgIpc) is 2.71. The molecule has 21 heavy (non-hydrogen) atoms. The molecule has 120 valence electrons. The van der Waals surface area contributed by atoms with E-state index < -0.39 is 8.07 Å². The summed E-state index contributed by atoms with van der Waals surface area (Å²) >= 11 is 6.65. The maximum Gasteiger partial charge on any atom is 0.225 e. The van der Waals surface area contributed by atoms with Crippen molar-refractivity contribution >= 4 is 51.7 Å². The Balaban J connectivity index is 2.49. The summed E-state index contributed by atoms with van der Waals surface area (Å²) in [5.41, 5.74) is 0. The Hall–Kier alpha value is -0.183. The second-order valence-corrected chi connectivity index (χ2v) is 13.3. The highest BCUT2D eigenvalue weighted by atomic mass is 79.9. The zero-order valence-corrected chi connectivity index (χ0v) is 17.0. The summed E-state index contributed by atoms with van der Waals surface area (Å²) in [6.07, 6.45) is 1.30. The maximum atomic E-state index is 11.8. The summed E-state index contributed by atoms with van der Waals surface area (Å²) in [6.45, 7) is 8.03. The van der Waals surface area contributed by atoms with Crippen molar-refractivity contribution in [3.63, 3.8) is 0 Å². The Labute approximate surface area is 144 Å². The first-order valence-corrected chi connectivity index (χ1v) is 12.6. The third kappa shape index (κ3) is 8.13. The van der Waals surface area contributed by atoms with Crippen LogP contribution < -0.4 is 5.32 Å². The van der Waals surface area contributed by atoms with Gasteiger partial charge in [-0.1, -0.05) is 35.6 Å². The van der Waals surface area contributed by atoms with E-state index in [1.807, 2.05) is 0 Å². The van der Waals surface area contributed by atoms with Gasteiger partial charge in [0.2, 0.25) is 5.91 Å². The number of ether oxygens (including phenoxy) is 1. The predicted molar refractivity (Wildman–Crippen MR) is 95.7 cm³/mol. The lowest BCUT2D eigenvalue weighted by atomic mass is 10.3. The Morgan fingerprint density at radius 1 is 1.48 bits per heavy atom. The van der Waals surface area contributed by atoms with Crippen LogP contribution in [0.15, 0.2) is 10.7 Å². The number of amides is 1. The van der Waals surface area contributed by atoms with Gasteiger partial charge in [0.15, 0.2) is 0 Å². The van der Waals surface area contributed by atoms with E-state index in [0.29, 0.717) is 23.6 Å². The van der Waals surface area contributed by atoms with Crippen LogP contribution in [0.25, 0.3) is 0 Å². The van der Waals surface area contributed by atoms with Crippen molar-refractivity contribution in [1.82, 2.24) is 9.78 Å². The normalized spacial score (nSPS) is 11.7. The zero-order valence-electron chi connectivity index (χ0n) is 12.8. The van der Waals surface area contributed by atoms with Gasteiger partial charge in [-0.3, -0.25) is 4.79 Å². The van der Waals surface area contributed by atoms with Crippen molar-refractivity contribution in [3.8, 4) is 0 Å². The number of hydrogen-bond acceptors (Lipinski definition) is 3. The van der Waals surface area contributed by atoms with E-state index >= 15 is 0 Å². The van der Waals surface area contributed by atoms with Crippen molar-refractivity contribution in [2.75, 3.05) is 17.3 Å². The molecule has 0 fully saturated rings. The standard InChI is InChI=1S/C13H23Br2N3O2Si/c1-21(2,3)8-7-20-10-18-12(9-11(15)17-18)16-13(19)5-4-6-14/h9H,4-8,10H2,1-3H3,(H,16,19). The topological polar surface area (TPSA) is 56.1 Å². The molecule has 0 unspecified atom stereocenters. The predicted octanol–water partition coefficient (Wildman–Crippen LogP) is 4.07. The molecule has 0 spiro atoms. The quantitative estimate of drug-likeness (QED) is 0.357. The minimum absolute atomic E-state index is 0.00908. The minimum atomic E-state index is -1.08. The lowest BCUT2D eigenvalue weighted by Crippen LogP contribution is -2.22. The van der Waals surface area contributed by atoms with Crippen molar-refractivity contribution in [3.05, 3.63) is 10.7 Å². The second-order valence-electron chi connectivity index (χ2n) is 6.04. The minimum Gasteiger partial charge on any atom is -0.359 e. The van der Waals surface area contributed by atoms with Crippen molar-refractivity contribution < 1.29 is 9.53 Å². The van der Waals surface area contributed by atoms with Crippen LogP contribution in [0.5, 0.6) is 0 Å². The van der Waals surface area contributed by atoms with Gasteiger partial charge < -0.3 is 10.1 Å². The molecule has 0 aliphatic carbocycles. The van der Waals surface area contributed by atoms with Gasteiger partial charge in [-0.25, -0.2) is 4.68 Å². The lowest BCUT2D eigenvalue weighted by molar-refractivity contribution is -0.116. The zero-order chi connectivity index (χ0) is 15.9. The molecular weight excluding hydrogens is 418 g/mol. The van der Waals surface area contributed by atoms with E-state index in [0.717, 1.165) is 24.4 Å². The second kappa shape index (κ2) is 9.07. The number of carbonyl (C=O) groups excluding carboxylic acids is 1. The number of rotatable bonds is 9. The lowest BCUT2D eigenvalue weighted by Gasteiger charge is -2.15. The number of nitrogens with one attached hydrogen (secondary N) is 1. The molecule has 1 aromatic rings. The molecule has 1 aromatic heterocycles. The van der Waals surface area contributed by atoms with E-state index in [-0.39, 0.29) is 5.91 Å². The van der Waals surface area contributed by atoms with Crippen LogP contribution in [-0.2, 0) is 16.3 Å². The fraction of sp³-hybridized carbons (Fsp3) is 0.692. The molecule has 0 saturated carbocycles. The summed E-state index contributed by atoms with van der Waals surface area (Å²) in [6, 6.07) is 2.90. The Kier molecular flexibility index (Phi) is 8.15. The van der Waals surface area contributed by atoms with Crippen LogP contribution in [0.4, 0.5) is 5.82 Å². The van der Waals surface area contributed by atoms with E-state index in [2.05, 4.69) is 61.9 Å². The molecule has 0 aromatic carbocycles. The number of alkyl halides is 1. The SMILES string of the molecule is C[Si](C)(C)CCOCn1nc(Br)cc1NC(=O)CCCBr. The van der Waals surface area contributed by atoms with Crippen LogP contribution in [0.2, 0.25) is 25.7 Å². The summed E-state index contributed by atoms with van der Waals surface area (Å²) in [5.74, 6) is 0.652. The van der Waals surface area contributed by atoms with Gasteiger partial charge in [0, 0.05) is 32.5 Å². The number of aromatic nitrogens is 2. The summed E-state index contributed by atoms with van der Waals surface area (Å²) in [4.78, 5) is 11.8. The van der Waals surface area contributed by atoms with E-state index in [4.69, 9.17) is 4.74 Å². The summed E-state index contributed by atoms with van der Waals surface area (Å²) in [5, 5.41) is 7.96. The average molecular weight is 441 g/mol. The van der Waals surface area contributed by atoms with Gasteiger partial charge in [-0.2, -0.15) is 5.10 Å². The number of halogens is 2. The highest BCUT2D eigenvalue weighted by Crippen LogP contribution is 2.16. The fourth-order valence-electron chi connectivity index (χ4n) is 1.55. The molecule has 1 rings (SSSR count). The van der Waals surface area contributed by atoms with Crippen LogP contribution in [0.3, 0.4) is 0 Å². The van der Waals surface area contributed by atoms with Gasteiger partial charge in [-0.05, 0) is 28.4 Å². The van der Waals surface area contributed by atoms with E-state index in [1.54, 1.807) is 10.7 Å². The van der Waals surface area contributed by atoms with Crippen LogP contribution in [-0.4, -0.2) is 35.7 Å². The van der Waals surface area contributed by atoms with E-state index in [9.17, 15) is 4.79 Å². The van der Waals surface area contributed by atoms with Crippen LogP contribution >= 0.6 is 31.9 Å². The number of anilines is 1. The molecule has 1 amide bonds. The first kappa shape index (κ1) is 18.9. The molecule has 8 heteroatoms. The fourth-order valence-corrected chi connectivity index (χ4v) is 2.99. The molecular formula is C13H23Br2N3O2Si. The van der Waals surface area contributed by atoms with Crippen molar-refractivity contribution in [1.29, 1.82) is 0 Å². The van der Waals surface area contributed by atoms with Gasteiger partial charge in [0.25, 0.3) is 0 Å². The Morgan fingerprint density at radius 3 is 2.81 bits per heavy atom. The molecule has 1 heterocycles. The molecule has 0 aliphatic rings. The smallest absolute Gasteiger partial charge is 0.225 e. The molecule has 0 aliphatic heterocycles. The third-order valence-corrected chi connectivity index (χ3v) is 5.42.